The van der Waals surface area contributed by atoms with Crippen LogP contribution in [0.15, 0.2) is 79.4 Å². The van der Waals surface area contributed by atoms with Crippen LogP contribution in [0.4, 0.5) is 5.69 Å². The molecule has 2 aromatic heterocycles. The van der Waals surface area contributed by atoms with Crippen LogP contribution in [0.5, 0.6) is 5.75 Å². The first kappa shape index (κ1) is 36.3. The Labute approximate surface area is 304 Å². The molecule has 2 aliphatic rings. The predicted molar refractivity (Wildman–Crippen MR) is 198 cm³/mol. The number of benzene rings is 2. The van der Waals surface area contributed by atoms with E-state index in [9.17, 15) is 19.5 Å². The number of carbonyl (C=O) groups excluding carboxylic acids is 2. The molecule has 0 spiro atoms. The van der Waals surface area contributed by atoms with Crippen LogP contribution in [0, 0.1) is 17.8 Å². The second kappa shape index (κ2) is 17.2. The molecule has 4 aromatic rings. The standard InChI is InChI=1S/C41H46N6O5/c1-3-27-4-10-30(11-5-27)31-14-16-32(17-15-31)34-21-42-39(43-22-34)33-12-6-29(7-13-33)25-47(26-38(49)50)41(51)40-44-23-35(24-45-40)46-37(48)20-28-8-18-36(52-2)19-9-28/h6-9,12-13,16,18-19,21-24,27,30-31H,3-5,10-11,14-15,17,20,25-26H2,1-2H3,(H,46,48)(H,49,50). The van der Waals surface area contributed by atoms with Gasteiger partial charge < -0.3 is 20.1 Å². The fourth-order valence-corrected chi connectivity index (χ4v) is 7.38. The summed E-state index contributed by atoms with van der Waals surface area (Å²) in [6, 6.07) is 14.5. The molecule has 11 nitrogen and oxygen atoms in total. The van der Waals surface area contributed by atoms with Crippen LogP contribution in [-0.4, -0.2) is 61.4 Å². The van der Waals surface area contributed by atoms with Crippen molar-refractivity contribution in [3.05, 3.63) is 102 Å². The highest BCUT2D eigenvalue weighted by Gasteiger charge is 2.28. The van der Waals surface area contributed by atoms with Gasteiger partial charge in [-0.05, 0) is 78.7 Å². The number of rotatable bonds is 13. The Morgan fingerprint density at radius 3 is 2.10 bits per heavy atom. The maximum absolute atomic E-state index is 13.3. The zero-order chi connectivity index (χ0) is 36.5. The smallest absolute Gasteiger partial charge is 0.323 e. The lowest BCUT2D eigenvalue weighted by molar-refractivity contribution is -0.137. The third-order valence-corrected chi connectivity index (χ3v) is 10.5. The van der Waals surface area contributed by atoms with Gasteiger partial charge in [0, 0.05) is 30.1 Å². The molecule has 11 heteroatoms. The monoisotopic (exact) mass is 702 g/mol. The molecule has 1 fully saturated rings. The minimum absolute atomic E-state index is 0.0319. The lowest BCUT2D eigenvalue weighted by Gasteiger charge is -2.35. The molecular formula is C41H46N6O5. The first-order valence-electron chi connectivity index (χ1n) is 18.1. The van der Waals surface area contributed by atoms with Crippen molar-refractivity contribution >= 4 is 29.0 Å². The molecule has 270 valence electrons. The predicted octanol–water partition coefficient (Wildman–Crippen LogP) is 7.25. The number of carbonyl (C=O) groups is 3. The second-order valence-electron chi connectivity index (χ2n) is 13.9. The molecule has 2 heterocycles. The molecule has 2 N–H and O–H groups in total. The van der Waals surface area contributed by atoms with Crippen LogP contribution < -0.4 is 10.1 Å². The largest absolute Gasteiger partial charge is 0.497 e. The number of ether oxygens (including phenoxy) is 1. The summed E-state index contributed by atoms with van der Waals surface area (Å²) in [6.07, 6.45) is 19.3. The Morgan fingerprint density at radius 2 is 1.50 bits per heavy atom. The number of hydrogen-bond acceptors (Lipinski definition) is 8. The van der Waals surface area contributed by atoms with Crippen molar-refractivity contribution in [2.45, 2.75) is 71.3 Å². The third-order valence-electron chi connectivity index (χ3n) is 10.5. The van der Waals surface area contributed by atoms with E-state index >= 15 is 0 Å². The van der Waals surface area contributed by atoms with Crippen molar-refractivity contribution in [2.24, 2.45) is 17.8 Å². The molecule has 0 radical (unpaired) electrons. The molecule has 52 heavy (non-hydrogen) atoms. The van der Waals surface area contributed by atoms with Crippen LogP contribution in [-0.2, 0) is 22.6 Å². The number of methoxy groups -OCH3 is 1. The SMILES string of the molecule is CCC1CCC(C2CC=C(c3cnc(-c4ccc(CN(CC(=O)O)C(=O)c5ncc(NC(=O)Cc6ccc(OC)cc6)cn5)cc4)nc3)CC2)CC1. The van der Waals surface area contributed by atoms with Crippen LogP contribution in [0.2, 0.25) is 0 Å². The number of carboxylic acids is 1. The van der Waals surface area contributed by atoms with Gasteiger partial charge in [0.05, 0.1) is 31.6 Å². The summed E-state index contributed by atoms with van der Waals surface area (Å²) in [5.74, 6) is 1.63. The van der Waals surface area contributed by atoms with Gasteiger partial charge in [-0.25, -0.2) is 19.9 Å². The molecule has 2 aliphatic carbocycles. The van der Waals surface area contributed by atoms with E-state index in [1.807, 2.05) is 36.7 Å². The number of nitrogens with zero attached hydrogens (tertiary/aromatic N) is 5. The van der Waals surface area contributed by atoms with Gasteiger partial charge in [0.25, 0.3) is 5.91 Å². The summed E-state index contributed by atoms with van der Waals surface area (Å²) in [7, 11) is 1.57. The fraction of sp³-hybridized carbons (Fsp3) is 0.390. The molecule has 0 aliphatic heterocycles. The maximum atomic E-state index is 13.3. The van der Waals surface area contributed by atoms with E-state index in [4.69, 9.17) is 4.74 Å². The molecule has 1 atom stereocenters. The number of carboxylic acid groups (broad SMARTS) is 1. The van der Waals surface area contributed by atoms with Crippen LogP contribution in [0.25, 0.3) is 17.0 Å². The van der Waals surface area contributed by atoms with E-state index in [0.717, 1.165) is 52.8 Å². The summed E-state index contributed by atoms with van der Waals surface area (Å²) >= 11 is 0. The van der Waals surface area contributed by atoms with Crippen molar-refractivity contribution in [2.75, 3.05) is 19.0 Å². The normalized spacial score (nSPS) is 18.6. The van der Waals surface area contributed by atoms with E-state index in [-0.39, 0.29) is 24.7 Å². The number of aromatic nitrogens is 4. The summed E-state index contributed by atoms with van der Waals surface area (Å²) in [5, 5.41) is 12.3. The van der Waals surface area contributed by atoms with Crippen LogP contribution in [0.3, 0.4) is 0 Å². The van der Waals surface area contributed by atoms with Crippen molar-refractivity contribution in [1.82, 2.24) is 24.8 Å². The minimum Gasteiger partial charge on any atom is -0.497 e. The van der Waals surface area contributed by atoms with Gasteiger partial charge in [-0.3, -0.25) is 14.4 Å². The second-order valence-corrected chi connectivity index (χ2v) is 13.9. The molecular weight excluding hydrogens is 656 g/mol. The molecule has 0 saturated heterocycles. The Hall–Kier alpha value is -5.45. The van der Waals surface area contributed by atoms with Crippen molar-refractivity contribution in [3.63, 3.8) is 0 Å². The van der Waals surface area contributed by atoms with E-state index in [1.54, 1.807) is 31.4 Å². The van der Waals surface area contributed by atoms with Crippen molar-refractivity contribution < 1.29 is 24.2 Å². The summed E-state index contributed by atoms with van der Waals surface area (Å²) in [4.78, 5) is 56.2. The van der Waals surface area contributed by atoms with E-state index in [0.29, 0.717) is 17.3 Å². The highest BCUT2D eigenvalue weighted by Crippen LogP contribution is 2.41. The van der Waals surface area contributed by atoms with Crippen LogP contribution in [0.1, 0.15) is 85.6 Å². The number of anilines is 1. The molecule has 0 bridgehead atoms. The number of aliphatic carboxylic acids is 1. The third kappa shape index (κ3) is 9.45. The molecule has 1 unspecified atom stereocenters. The Morgan fingerprint density at radius 1 is 0.827 bits per heavy atom. The lowest BCUT2D eigenvalue weighted by Crippen LogP contribution is -2.36. The van der Waals surface area contributed by atoms with Gasteiger partial charge in [-0.2, -0.15) is 0 Å². The van der Waals surface area contributed by atoms with Gasteiger partial charge in [0.15, 0.2) is 5.82 Å². The van der Waals surface area contributed by atoms with E-state index < -0.39 is 18.4 Å². The Kier molecular flexibility index (Phi) is 12.0. The van der Waals surface area contributed by atoms with E-state index in [2.05, 4.69) is 38.3 Å². The summed E-state index contributed by atoms with van der Waals surface area (Å²) < 4.78 is 5.14. The van der Waals surface area contributed by atoms with Gasteiger partial charge in [0.1, 0.15) is 12.3 Å². The van der Waals surface area contributed by atoms with Gasteiger partial charge >= 0.3 is 5.97 Å². The quantitative estimate of drug-likeness (QED) is 0.147. The fourth-order valence-electron chi connectivity index (χ4n) is 7.38. The van der Waals surface area contributed by atoms with Crippen molar-refractivity contribution in [3.8, 4) is 17.1 Å². The van der Waals surface area contributed by atoms with E-state index in [1.165, 1.54) is 61.4 Å². The Bertz CT molecular complexity index is 1850. The number of hydrogen-bond donors (Lipinski definition) is 2. The number of amides is 2. The van der Waals surface area contributed by atoms with Gasteiger partial charge in [-0.15, -0.1) is 0 Å². The average Bonchev–Trinajstić information content (AvgIpc) is 3.18. The molecule has 2 amide bonds. The first-order valence-corrected chi connectivity index (χ1v) is 18.1. The van der Waals surface area contributed by atoms with Crippen LogP contribution >= 0.6 is 0 Å². The lowest BCUT2D eigenvalue weighted by atomic mass is 9.71. The highest BCUT2D eigenvalue weighted by atomic mass is 16.5. The zero-order valence-corrected chi connectivity index (χ0v) is 29.8. The molecule has 2 aromatic carbocycles. The van der Waals surface area contributed by atoms with Gasteiger partial charge in [-0.1, -0.05) is 68.7 Å². The number of allylic oxidation sites excluding steroid dienone is 2. The highest BCUT2D eigenvalue weighted by molar-refractivity contribution is 5.94. The average molecular weight is 703 g/mol. The molecule has 6 rings (SSSR count). The van der Waals surface area contributed by atoms with Gasteiger partial charge in [0.2, 0.25) is 11.7 Å². The van der Waals surface area contributed by atoms with Crippen molar-refractivity contribution in [1.29, 1.82) is 0 Å². The topological polar surface area (TPSA) is 148 Å². The minimum atomic E-state index is -1.16. The summed E-state index contributed by atoms with van der Waals surface area (Å²) in [5.41, 5.74) is 5.06. The Balaban J connectivity index is 1.03. The first-order chi connectivity index (χ1) is 25.3. The maximum Gasteiger partial charge on any atom is 0.323 e. The summed E-state index contributed by atoms with van der Waals surface area (Å²) in [6.45, 7) is 1.82. The number of nitrogens with one attached hydrogen (secondary N) is 1. The molecule has 1 saturated carbocycles. The zero-order valence-electron chi connectivity index (χ0n) is 29.8.